The van der Waals surface area contributed by atoms with E-state index in [2.05, 4.69) is 23.7 Å². The van der Waals surface area contributed by atoms with Crippen molar-refractivity contribution in [2.75, 3.05) is 28.4 Å². The van der Waals surface area contributed by atoms with Crippen molar-refractivity contribution >= 4 is 0 Å². The van der Waals surface area contributed by atoms with Gasteiger partial charge < -0.3 is 18.9 Å². The molecule has 0 radical (unpaired) electrons. The van der Waals surface area contributed by atoms with Crippen LogP contribution in [-0.4, -0.2) is 28.4 Å². The molecule has 0 unspecified atom stereocenters. The van der Waals surface area contributed by atoms with Gasteiger partial charge in [0.15, 0.2) is 11.5 Å². The maximum atomic E-state index is 5.34. The summed E-state index contributed by atoms with van der Waals surface area (Å²) in [4.78, 5) is 0. The van der Waals surface area contributed by atoms with Crippen LogP contribution in [0, 0.1) is 23.7 Å². The summed E-state index contributed by atoms with van der Waals surface area (Å²) in [7, 11) is 6.44. The Morgan fingerprint density at radius 1 is 0.500 bits per heavy atom. The van der Waals surface area contributed by atoms with Gasteiger partial charge >= 0.3 is 0 Å². The standard InChI is InChI=1S/C26H22O4/c1-27-23-15-20(16-24(18-23)28-2)10-13-22-8-6-5-7-21(22)12-9-19-11-14-25(29-3)26(17-19)30-4/h5-8,11,14-18H,1-4H3. The van der Waals surface area contributed by atoms with Crippen molar-refractivity contribution in [3.05, 3.63) is 82.9 Å². The second-order valence-electron chi connectivity index (χ2n) is 6.22. The van der Waals surface area contributed by atoms with Crippen LogP contribution in [0.5, 0.6) is 23.0 Å². The van der Waals surface area contributed by atoms with Crippen molar-refractivity contribution in [1.82, 2.24) is 0 Å². The second-order valence-corrected chi connectivity index (χ2v) is 6.22. The van der Waals surface area contributed by atoms with E-state index in [-0.39, 0.29) is 0 Å². The SMILES string of the molecule is COc1cc(C#Cc2ccccc2C#Cc2ccc(OC)c(OC)c2)cc(OC)c1. The predicted molar refractivity (Wildman–Crippen MR) is 117 cm³/mol. The number of ether oxygens (including phenoxy) is 4. The molecule has 30 heavy (non-hydrogen) atoms. The Bertz CT molecular complexity index is 1130. The van der Waals surface area contributed by atoms with Crippen molar-refractivity contribution in [2.24, 2.45) is 0 Å². The van der Waals surface area contributed by atoms with Gasteiger partial charge in [-0.25, -0.2) is 0 Å². The summed E-state index contributed by atoms with van der Waals surface area (Å²) in [5.41, 5.74) is 3.31. The van der Waals surface area contributed by atoms with Gasteiger partial charge in [0.05, 0.1) is 28.4 Å². The van der Waals surface area contributed by atoms with Crippen LogP contribution in [0.2, 0.25) is 0 Å². The van der Waals surface area contributed by atoms with Crippen molar-refractivity contribution in [3.63, 3.8) is 0 Å². The fourth-order valence-corrected chi connectivity index (χ4v) is 2.77. The lowest BCUT2D eigenvalue weighted by Crippen LogP contribution is -1.91. The van der Waals surface area contributed by atoms with Crippen LogP contribution >= 0.6 is 0 Å². The number of methoxy groups -OCH3 is 4. The summed E-state index contributed by atoms with van der Waals surface area (Å²) in [6.07, 6.45) is 0. The summed E-state index contributed by atoms with van der Waals surface area (Å²) in [5, 5.41) is 0. The van der Waals surface area contributed by atoms with E-state index in [1.54, 1.807) is 28.4 Å². The molecule has 0 fully saturated rings. The lowest BCUT2D eigenvalue weighted by atomic mass is 10.1. The summed E-state index contributed by atoms with van der Waals surface area (Å²) >= 11 is 0. The zero-order valence-corrected chi connectivity index (χ0v) is 17.4. The summed E-state index contributed by atoms with van der Waals surface area (Å²) < 4.78 is 21.2. The fourth-order valence-electron chi connectivity index (χ4n) is 2.77. The number of rotatable bonds is 4. The van der Waals surface area contributed by atoms with Crippen molar-refractivity contribution in [2.45, 2.75) is 0 Å². The molecule has 0 aliphatic heterocycles. The van der Waals surface area contributed by atoms with Crippen LogP contribution in [-0.2, 0) is 0 Å². The second kappa shape index (κ2) is 9.96. The van der Waals surface area contributed by atoms with E-state index in [4.69, 9.17) is 18.9 Å². The van der Waals surface area contributed by atoms with Crippen LogP contribution in [0.4, 0.5) is 0 Å². The average Bonchev–Trinajstić information content (AvgIpc) is 2.81. The zero-order valence-electron chi connectivity index (χ0n) is 17.4. The third kappa shape index (κ3) is 5.07. The first-order valence-corrected chi connectivity index (χ1v) is 9.25. The quantitative estimate of drug-likeness (QED) is 0.606. The Morgan fingerprint density at radius 3 is 1.60 bits per heavy atom. The van der Waals surface area contributed by atoms with Gasteiger partial charge in [-0.3, -0.25) is 0 Å². The molecular formula is C26H22O4. The molecule has 0 aliphatic carbocycles. The Labute approximate surface area is 177 Å². The Morgan fingerprint density at radius 2 is 1.07 bits per heavy atom. The molecule has 0 aliphatic rings. The van der Waals surface area contributed by atoms with Gasteiger partial charge in [-0.2, -0.15) is 0 Å². The lowest BCUT2D eigenvalue weighted by Gasteiger charge is -2.06. The molecule has 4 heteroatoms. The first-order valence-electron chi connectivity index (χ1n) is 9.25. The molecular weight excluding hydrogens is 376 g/mol. The van der Waals surface area contributed by atoms with Gasteiger partial charge in [0.25, 0.3) is 0 Å². The van der Waals surface area contributed by atoms with E-state index < -0.39 is 0 Å². The topological polar surface area (TPSA) is 36.9 Å². The fraction of sp³-hybridized carbons (Fsp3) is 0.154. The molecule has 3 aromatic carbocycles. The molecule has 0 spiro atoms. The average molecular weight is 398 g/mol. The van der Waals surface area contributed by atoms with Crippen LogP contribution in [0.3, 0.4) is 0 Å². The monoisotopic (exact) mass is 398 g/mol. The van der Waals surface area contributed by atoms with Crippen molar-refractivity contribution in [3.8, 4) is 46.7 Å². The molecule has 0 N–H and O–H groups in total. The third-order valence-corrected chi connectivity index (χ3v) is 4.35. The van der Waals surface area contributed by atoms with E-state index in [9.17, 15) is 0 Å². The van der Waals surface area contributed by atoms with Crippen LogP contribution in [0.1, 0.15) is 22.3 Å². The maximum absolute atomic E-state index is 5.34. The normalized spacial score (nSPS) is 9.47. The smallest absolute Gasteiger partial charge is 0.161 e. The number of hydrogen-bond acceptors (Lipinski definition) is 4. The minimum absolute atomic E-state index is 0.643. The van der Waals surface area contributed by atoms with Crippen LogP contribution < -0.4 is 18.9 Å². The molecule has 0 atom stereocenters. The van der Waals surface area contributed by atoms with E-state index in [1.165, 1.54) is 0 Å². The highest BCUT2D eigenvalue weighted by Gasteiger charge is 2.03. The summed E-state index contributed by atoms with van der Waals surface area (Å²) in [6.45, 7) is 0. The Kier molecular flexibility index (Phi) is 6.87. The van der Waals surface area contributed by atoms with E-state index in [0.29, 0.717) is 23.0 Å². The number of hydrogen-bond donors (Lipinski definition) is 0. The van der Waals surface area contributed by atoms with Gasteiger partial charge in [-0.05, 0) is 42.5 Å². The molecule has 0 bridgehead atoms. The molecule has 3 rings (SSSR count). The van der Waals surface area contributed by atoms with Crippen LogP contribution in [0.15, 0.2) is 60.7 Å². The lowest BCUT2D eigenvalue weighted by molar-refractivity contribution is 0.355. The first-order chi connectivity index (χ1) is 14.7. The first kappa shape index (κ1) is 20.7. The highest BCUT2D eigenvalue weighted by Crippen LogP contribution is 2.27. The molecule has 4 nitrogen and oxygen atoms in total. The zero-order chi connectivity index (χ0) is 21.3. The van der Waals surface area contributed by atoms with E-state index in [1.807, 2.05) is 60.7 Å². The molecule has 0 heterocycles. The Balaban J connectivity index is 1.93. The van der Waals surface area contributed by atoms with Crippen molar-refractivity contribution < 1.29 is 18.9 Å². The largest absolute Gasteiger partial charge is 0.497 e. The molecule has 0 saturated heterocycles. The maximum Gasteiger partial charge on any atom is 0.161 e. The molecule has 0 aromatic heterocycles. The number of benzene rings is 3. The third-order valence-electron chi connectivity index (χ3n) is 4.35. The summed E-state index contributed by atoms with van der Waals surface area (Å²) in [5.74, 6) is 15.4. The van der Waals surface area contributed by atoms with Crippen LogP contribution in [0.25, 0.3) is 0 Å². The molecule has 0 saturated carbocycles. The highest BCUT2D eigenvalue weighted by molar-refractivity contribution is 5.56. The summed E-state index contributed by atoms with van der Waals surface area (Å²) in [6, 6.07) is 18.9. The van der Waals surface area contributed by atoms with Gasteiger partial charge in [0.1, 0.15) is 11.5 Å². The minimum atomic E-state index is 0.643. The van der Waals surface area contributed by atoms with Gasteiger partial charge in [-0.1, -0.05) is 35.8 Å². The molecule has 0 amide bonds. The van der Waals surface area contributed by atoms with E-state index in [0.717, 1.165) is 22.3 Å². The molecule has 3 aromatic rings. The van der Waals surface area contributed by atoms with Crippen molar-refractivity contribution in [1.29, 1.82) is 0 Å². The van der Waals surface area contributed by atoms with Gasteiger partial charge in [0, 0.05) is 28.3 Å². The van der Waals surface area contributed by atoms with Gasteiger partial charge in [-0.15, -0.1) is 0 Å². The highest BCUT2D eigenvalue weighted by atomic mass is 16.5. The Hall–Kier alpha value is -4.02. The van der Waals surface area contributed by atoms with Gasteiger partial charge in [0.2, 0.25) is 0 Å². The predicted octanol–water partition coefficient (Wildman–Crippen LogP) is 4.52. The molecule has 150 valence electrons. The minimum Gasteiger partial charge on any atom is -0.497 e. The van der Waals surface area contributed by atoms with E-state index >= 15 is 0 Å².